The Balaban J connectivity index is 1.73. The number of anilines is 2. The fourth-order valence-electron chi connectivity index (χ4n) is 2.78. The van der Waals surface area contributed by atoms with Gasteiger partial charge >= 0.3 is 6.36 Å². The van der Waals surface area contributed by atoms with Crippen LogP contribution in [0.4, 0.5) is 24.8 Å². The van der Waals surface area contributed by atoms with Gasteiger partial charge in [-0.25, -0.2) is 9.97 Å². The first-order valence-electron chi connectivity index (χ1n) is 8.58. The van der Waals surface area contributed by atoms with Crippen molar-refractivity contribution in [3.05, 3.63) is 41.2 Å². The van der Waals surface area contributed by atoms with E-state index in [1.165, 1.54) is 12.1 Å². The number of alkyl halides is 3. The zero-order chi connectivity index (χ0) is 20.3. The van der Waals surface area contributed by atoms with E-state index in [4.69, 9.17) is 4.74 Å². The fourth-order valence-corrected chi connectivity index (χ4v) is 2.78. The van der Waals surface area contributed by atoms with Crippen molar-refractivity contribution in [1.82, 2.24) is 9.97 Å². The molecule has 1 amide bonds. The number of morpholine rings is 1. The number of carbonyl (C=O) groups is 1. The molecule has 1 aliphatic heterocycles. The number of aromatic nitrogens is 2. The van der Waals surface area contributed by atoms with E-state index in [1.807, 2.05) is 4.90 Å². The van der Waals surface area contributed by atoms with Crippen LogP contribution >= 0.6 is 0 Å². The van der Waals surface area contributed by atoms with E-state index >= 15 is 0 Å². The van der Waals surface area contributed by atoms with E-state index in [-0.39, 0.29) is 5.56 Å². The lowest BCUT2D eigenvalue weighted by Gasteiger charge is -2.27. The number of halogens is 3. The van der Waals surface area contributed by atoms with Crippen LogP contribution in [0.15, 0.2) is 24.3 Å². The van der Waals surface area contributed by atoms with Gasteiger partial charge in [0.05, 0.1) is 30.3 Å². The number of amides is 1. The zero-order valence-corrected chi connectivity index (χ0v) is 15.3. The number of ether oxygens (including phenoxy) is 2. The first kappa shape index (κ1) is 19.9. The van der Waals surface area contributed by atoms with Gasteiger partial charge in [0.2, 0.25) is 5.95 Å². The molecule has 10 heteroatoms. The van der Waals surface area contributed by atoms with Gasteiger partial charge in [-0.2, -0.15) is 0 Å². The summed E-state index contributed by atoms with van der Waals surface area (Å²) < 4.78 is 45.8. The van der Waals surface area contributed by atoms with Crippen molar-refractivity contribution in [2.75, 3.05) is 36.5 Å². The van der Waals surface area contributed by atoms with Crippen molar-refractivity contribution < 1.29 is 27.4 Å². The SMILES string of the molecule is Cc1nc(N2CCOCC2)nc(C)c1NC(=O)c1ccc(OC(F)(F)F)cc1. The molecule has 0 unspecified atom stereocenters. The molecular weight excluding hydrogens is 377 g/mol. The first-order chi connectivity index (χ1) is 13.2. The Bertz CT molecular complexity index is 827. The maximum absolute atomic E-state index is 12.4. The van der Waals surface area contributed by atoms with Crippen molar-refractivity contribution in [2.24, 2.45) is 0 Å². The second-order valence-electron chi connectivity index (χ2n) is 6.20. The van der Waals surface area contributed by atoms with Crippen molar-refractivity contribution in [3.63, 3.8) is 0 Å². The highest BCUT2D eigenvalue weighted by atomic mass is 19.4. The summed E-state index contributed by atoms with van der Waals surface area (Å²) in [6.45, 7) is 6.11. The third-order valence-corrected chi connectivity index (χ3v) is 4.14. The third-order valence-electron chi connectivity index (χ3n) is 4.14. The van der Waals surface area contributed by atoms with Crippen LogP contribution in [-0.2, 0) is 4.74 Å². The topological polar surface area (TPSA) is 76.6 Å². The predicted molar refractivity (Wildman–Crippen MR) is 95.6 cm³/mol. The largest absolute Gasteiger partial charge is 0.573 e. The van der Waals surface area contributed by atoms with E-state index in [1.54, 1.807) is 13.8 Å². The number of nitrogens with one attached hydrogen (secondary N) is 1. The Labute approximate surface area is 159 Å². The molecule has 2 heterocycles. The number of nitrogens with zero attached hydrogens (tertiary/aromatic N) is 3. The highest BCUT2D eigenvalue weighted by molar-refractivity contribution is 6.04. The molecule has 28 heavy (non-hydrogen) atoms. The number of rotatable bonds is 4. The van der Waals surface area contributed by atoms with Crippen LogP contribution in [0.3, 0.4) is 0 Å². The van der Waals surface area contributed by atoms with Gasteiger partial charge in [0, 0.05) is 18.7 Å². The molecule has 0 bridgehead atoms. The quantitative estimate of drug-likeness (QED) is 0.856. The molecule has 1 aliphatic rings. The monoisotopic (exact) mass is 396 g/mol. The van der Waals surface area contributed by atoms with Crippen LogP contribution in [-0.4, -0.2) is 48.5 Å². The molecule has 1 N–H and O–H groups in total. The van der Waals surface area contributed by atoms with Crippen LogP contribution < -0.4 is 15.0 Å². The van der Waals surface area contributed by atoms with Crippen LogP contribution in [0.5, 0.6) is 5.75 Å². The summed E-state index contributed by atoms with van der Waals surface area (Å²) in [5.74, 6) is -0.299. The van der Waals surface area contributed by atoms with Gasteiger partial charge in [0.15, 0.2) is 0 Å². The molecule has 0 atom stereocenters. The van der Waals surface area contributed by atoms with E-state index in [2.05, 4.69) is 20.0 Å². The fraction of sp³-hybridized carbons (Fsp3) is 0.389. The maximum atomic E-state index is 12.4. The Morgan fingerprint density at radius 2 is 1.68 bits per heavy atom. The van der Waals surface area contributed by atoms with Gasteiger partial charge in [0.25, 0.3) is 5.91 Å². The Hall–Kier alpha value is -2.88. The van der Waals surface area contributed by atoms with Crippen LogP contribution in [0.2, 0.25) is 0 Å². The minimum atomic E-state index is -4.78. The average molecular weight is 396 g/mol. The van der Waals surface area contributed by atoms with Gasteiger partial charge in [-0.1, -0.05) is 0 Å². The standard InChI is InChI=1S/C18H19F3N4O3/c1-11-15(12(2)23-17(22-11)25-7-9-27-10-8-25)24-16(26)13-3-5-14(6-4-13)28-18(19,20)21/h3-6H,7-10H2,1-2H3,(H,24,26). The molecule has 7 nitrogen and oxygen atoms in total. The molecule has 3 rings (SSSR count). The lowest BCUT2D eigenvalue weighted by molar-refractivity contribution is -0.274. The van der Waals surface area contributed by atoms with Crippen molar-refractivity contribution >= 4 is 17.5 Å². The molecule has 0 spiro atoms. The molecule has 1 fully saturated rings. The lowest BCUT2D eigenvalue weighted by Crippen LogP contribution is -2.37. The molecular formula is C18H19F3N4O3. The summed E-state index contributed by atoms with van der Waals surface area (Å²) in [6.07, 6.45) is -4.78. The molecule has 1 aromatic carbocycles. The van der Waals surface area contributed by atoms with E-state index in [9.17, 15) is 18.0 Å². The van der Waals surface area contributed by atoms with Crippen LogP contribution in [0.25, 0.3) is 0 Å². The Kier molecular flexibility index (Phi) is 5.68. The molecule has 150 valence electrons. The van der Waals surface area contributed by atoms with Crippen molar-refractivity contribution in [1.29, 1.82) is 0 Å². The molecule has 1 saturated heterocycles. The summed E-state index contributed by atoms with van der Waals surface area (Å²) in [5, 5.41) is 2.72. The maximum Gasteiger partial charge on any atom is 0.573 e. The smallest absolute Gasteiger partial charge is 0.406 e. The molecule has 0 saturated carbocycles. The number of hydrogen-bond acceptors (Lipinski definition) is 6. The third kappa shape index (κ3) is 4.89. The van der Waals surface area contributed by atoms with E-state index in [0.717, 1.165) is 12.1 Å². The average Bonchev–Trinajstić information content (AvgIpc) is 2.64. The second-order valence-corrected chi connectivity index (χ2v) is 6.20. The minimum absolute atomic E-state index is 0.186. The second kappa shape index (κ2) is 8.01. The Morgan fingerprint density at radius 3 is 2.21 bits per heavy atom. The van der Waals surface area contributed by atoms with Gasteiger partial charge in [0.1, 0.15) is 5.75 Å². The zero-order valence-electron chi connectivity index (χ0n) is 15.3. The number of aryl methyl sites for hydroxylation is 2. The first-order valence-corrected chi connectivity index (χ1v) is 8.58. The van der Waals surface area contributed by atoms with Crippen LogP contribution in [0, 0.1) is 13.8 Å². The Morgan fingerprint density at radius 1 is 1.11 bits per heavy atom. The normalized spacial score (nSPS) is 14.7. The highest BCUT2D eigenvalue weighted by Gasteiger charge is 2.31. The minimum Gasteiger partial charge on any atom is -0.406 e. The predicted octanol–water partition coefficient (Wildman–Crippen LogP) is 3.08. The molecule has 0 aliphatic carbocycles. The summed E-state index contributed by atoms with van der Waals surface area (Å²) >= 11 is 0. The van der Waals surface area contributed by atoms with Crippen molar-refractivity contribution in [2.45, 2.75) is 20.2 Å². The summed E-state index contributed by atoms with van der Waals surface area (Å²) in [5.41, 5.74) is 1.85. The van der Waals surface area contributed by atoms with E-state index in [0.29, 0.717) is 49.3 Å². The van der Waals surface area contributed by atoms with Gasteiger partial charge in [-0.3, -0.25) is 4.79 Å². The molecule has 2 aromatic rings. The summed E-state index contributed by atoms with van der Waals surface area (Å²) in [4.78, 5) is 23.4. The van der Waals surface area contributed by atoms with Gasteiger partial charge in [-0.15, -0.1) is 13.2 Å². The molecule has 1 aromatic heterocycles. The number of hydrogen-bond donors (Lipinski definition) is 1. The highest BCUT2D eigenvalue weighted by Crippen LogP contribution is 2.24. The molecule has 0 radical (unpaired) electrons. The van der Waals surface area contributed by atoms with E-state index < -0.39 is 18.0 Å². The van der Waals surface area contributed by atoms with Gasteiger partial charge in [-0.05, 0) is 38.1 Å². The van der Waals surface area contributed by atoms with Crippen molar-refractivity contribution in [3.8, 4) is 5.75 Å². The summed E-state index contributed by atoms with van der Waals surface area (Å²) in [7, 11) is 0. The summed E-state index contributed by atoms with van der Waals surface area (Å²) in [6, 6.07) is 4.67. The van der Waals surface area contributed by atoms with Crippen LogP contribution in [0.1, 0.15) is 21.7 Å². The number of carbonyl (C=O) groups excluding carboxylic acids is 1. The lowest BCUT2D eigenvalue weighted by atomic mass is 10.2. The van der Waals surface area contributed by atoms with Gasteiger partial charge < -0.3 is 19.7 Å². The number of benzene rings is 1.